The Balaban J connectivity index is 1.44. The lowest BCUT2D eigenvalue weighted by atomic mass is 9.87. The van der Waals surface area contributed by atoms with Crippen LogP contribution >= 0.6 is 0 Å². The number of amides is 2. The average molecular weight is 455 g/mol. The number of benzene rings is 3. The zero-order valence-corrected chi connectivity index (χ0v) is 19.6. The Morgan fingerprint density at radius 1 is 1.09 bits per heavy atom. The number of para-hydroxylation sites is 2. The van der Waals surface area contributed by atoms with Crippen LogP contribution in [-0.2, 0) is 5.41 Å². The first kappa shape index (κ1) is 21.7. The van der Waals surface area contributed by atoms with Crippen LogP contribution in [0.1, 0.15) is 46.0 Å². The van der Waals surface area contributed by atoms with Crippen molar-refractivity contribution in [3.63, 3.8) is 0 Å². The van der Waals surface area contributed by atoms with Gasteiger partial charge < -0.3 is 19.9 Å². The van der Waals surface area contributed by atoms with E-state index in [9.17, 15) is 9.59 Å². The molecule has 1 aliphatic heterocycles. The summed E-state index contributed by atoms with van der Waals surface area (Å²) in [6, 6.07) is 18.5. The van der Waals surface area contributed by atoms with Crippen LogP contribution in [0.4, 0.5) is 11.4 Å². The van der Waals surface area contributed by atoms with E-state index in [-0.39, 0.29) is 17.2 Å². The van der Waals surface area contributed by atoms with E-state index in [1.807, 2.05) is 37.3 Å². The first-order valence-electron chi connectivity index (χ1n) is 11.1. The Bertz CT molecular complexity index is 1440. The predicted molar refractivity (Wildman–Crippen MR) is 133 cm³/mol. The first-order chi connectivity index (χ1) is 16.3. The summed E-state index contributed by atoms with van der Waals surface area (Å²) in [4.78, 5) is 36.0. The molecule has 0 saturated heterocycles. The predicted octanol–water partition coefficient (Wildman–Crippen LogP) is 5.07. The second-order valence-corrected chi connectivity index (χ2v) is 9.19. The Kier molecular flexibility index (Phi) is 5.12. The summed E-state index contributed by atoms with van der Waals surface area (Å²) in [7, 11) is 1.49. The second kappa shape index (κ2) is 8.02. The number of nitrogens with one attached hydrogen (secondary N) is 2. The average Bonchev–Trinajstić information content (AvgIpc) is 3.35. The van der Waals surface area contributed by atoms with Crippen LogP contribution in [0.25, 0.3) is 11.0 Å². The van der Waals surface area contributed by atoms with Gasteiger partial charge in [-0.25, -0.2) is 4.98 Å². The molecule has 7 heteroatoms. The van der Waals surface area contributed by atoms with Gasteiger partial charge in [-0.05, 0) is 48.9 Å². The Morgan fingerprint density at radius 3 is 2.68 bits per heavy atom. The molecule has 1 aromatic heterocycles. The standard InChI is InChI=1S/C27H26N4O3/c1-16-28-20-9-7-10-21(24(20)29-16)30-25(32)18-13-12-17(14-23(18)34-4)26(33)31-15-27(2,3)19-8-5-6-11-22(19)31/h5-14H,15H2,1-4H3,(H,28,29)(H,30,32). The van der Waals surface area contributed by atoms with Crippen LogP contribution < -0.4 is 15.0 Å². The number of H-pyrrole nitrogens is 1. The van der Waals surface area contributed by atoms with E-state index in [4.69, 9.17) is 4.74 Å². The fourth-order valence-electron chi connectivity index (χ4n) is 4.64. The molecule has 4 aromatic rings. The molecule has 5 rings (SSSR count). The minimum Gasteiger partial charge on any atom is -0.496 e. The van der Waals surface area contributed by atoms with Gasteiger partial charge in [-0.3, -0.25) is 9.59 Å². The molecule has 3 aromatic carbocycles. The highest BCUT2D eigenvalue weighted by molar-refractivity contribution is 6.12. The highest BCUT2D eigenvalue weighted by atomic mass is 16.5. The van der Waals surface area contributed by atoms with Crippen molar-refractivity contribution in [2.75, 3.05) is 23.9 Å². The van der Waals surface area contributed by atoms with Crippen molar-refractivity contribution in [2.24, 2.45) is 0 Å². The summed E-state index contributed by atoms with van der Waals surface area (Å²) in [5.74, 6) is 0.640. The zero-order chi connectivity index (χ0) is 24.0. The van der Waals surface area contributed by atoms with Gasteiger partial charge in [0.15, 0.2) is 0 Å². The number of fused-ring (bicyclic) bond motifs is 2. The number of rotatable bonds is 4. The molecule has 1 aliphatic rings. The van der Waals surface area contributed by atoms with Gasteiger partial charge in [0, 0.05) is 23.2 Å². The molecule has 0 fully saturated rings. The fraction of sp³-hybridized carbons (Fsp3) is 0.222. The molecular formula is C27H26N4O3. The number of carbonyl (C=O) groups is 2. The van der Waals surface area contributed by atoms with Crippen molar-refractivity contribution < 1.29 is 14.3 Å². The highest BCUT2D eigenvalue weighted by Gasteiger charge is 2.38. The number of hydrogen-bond donors (Lipinski definition) is 2. The molecule has 172 valence electrons. The number of nitrogens with zero attached hydrogens (tertiary/aromatic N) is 2. The van der Waals surface area contributed by atoms with Crippen molar-refractivity contribution in [2.45, 2.75) is 26.2 Å². The maximum atomic E-state index is 13.4. The van der Waals surface area contributed by atoms with E-state index < -0.39 is 0 Å². The van der Waals surface area contributed by atoms with Crippen LogP contribution in [0.5, 0.6) is 5.75 Å². The smallest absolute Gasteiger partial charge is 0.259 e. The molecule has 0 radical (unpaired) electrons. The number of aromatic nitrogens is 2. The largest absolute Gasteiger partial charge is 0.496 e. The van der Waals surface area contributed by atoms with Gasteiger partial charge in [-0.2, -0.15) is 0 Å². The SMILES string of the molecule is COc1cc(C(=O)N2CC(C)(C)c3ccccc32)ccc1C(=O)Nc1cccc2[nH]c(C)nc12. The van der Waals surface area contributed by atoms with E-state index in [1.54, 1.807) is 29.2 Å². The molecule has 2 N–H and O–H groups in total. The van der Waals surface area contributed by atoms with Crippen LogP contribution in [0.15, 0.2) is 60.7 Å². The maximum absolute atomic E-state index is 13.4. The quantitative estimate of drug-likeness (QED) is 0.451. The van der Waals surface area contributed by atoms with Crippen molar-refractivity contribution >= 4 is 34.2 Å². The number of hydrogen-bond acceptors (Lipinski definition) is 4. The minimum absolute atomic E-state index is 0.125. The summed E-state index contributed by atoms with van der Waals surface area (Å²) in [6.07, 6.45) is 0. The van der Waals surface area contributed by atoms with Gasteiger partial charge in [-0.1, -0.05) is 38.1 Å². The summed E-state index contributed by atoms with van der Waals surface area (Å²) in [6.45, 7) is 6.72. The number of anilines is 2. The Morgan fingerprint density at radius 2 is 1.88 bits per heavy atom. The van der Waals surface area contributed by atoms with E-state index in [2.05, 4.69) is 35.2 Å². The molecule has 2 amide bonds. The number of methoxy groups -OCH3 is 1. The van der Waals surface area contributed by atoms with Gasteiger partial charge >= 0.3 is 0 Å². The molecule has 0 bridgehead atoms. The summed E-state index contributed by atoms with van der Waals surface area (Å²) >= 11 is 0. The Hall–Kier alpha value is -4.13. The summed E-state index contributed by atoms with van der Waals surface area (Å²) in [5, 5.41) is 2.92. The molecule has 0 atom stereocenters. The van der Waals surface area contributed by atoms with Crippen molar-refractivity contribution in [1.82, 2.24) is 9.97 Å². The normalized spacial score (nSPS) is 14.2. The molecule has 0 spiro atoms. The van der Waals surface area contributed by atoms with Gasteiger partial charge in [0.05, 0.1) is 23.9 Å². The van der Waals surface area contributed by atoms with Crippen LogP contribution in [0.2, 0.25) is 0 Å². The van der Waals surface area contributed by atoms with E-state index >= 15 is 0 Å². The van der Waals surface area contributed by atoms with E-state index in [0.717, 1.165) is 22.6 Å². The molecule has 34 heavy (non-hydrogen) atoms. The third-order valence-corrected chi connectivity index (χ3v) is 6.29. The van der Waals surface area contributed by atoms with Crippen molar-refractivity contribution in [3.8, 4) is 5.75 Å². The molecular weight excluding hydrogens is 428 g/mol. The minimum atomic E-state index is -0.336. The van der Waals surface area contributed by atoms with Crippen LogP contribution in [-0.4, -0.2) is 35.4 Å². The third-order valence-electron chi connectivity index (χ3n) is 6.29. The molecule has 0 aliphatic carbocycles. The molecule has 0 saturated carbocycles. The molecule has 0 unspecified atom stereocenters. The van der Waals surface area contributed by atoms with E-state index in [0.29, 0.717) is 34.6 Å². The second-order valence-electron chi connectivity index (χ2n) is 9.19. The number of imidazole rings is 1. The van der Waals surface area contributed by atoms with Gasteiger partial charge in [-0.15, -0.1) is 0 Å². The van der Waals surface area contributed by atoms with Crippen molar-refractivity contribution in [3.05, 3.63) is 83.2 Å². The molecule has 2 heterocycles. The number of ether oxygens (including phenoxy) is 1. The van der Waals surface area contributed by atoms with E-state index in [1.165, 1.54) is 7.11 Å². The lowest BCUT2D eigenvalue weighted by molar-refractivity contribution is 0.0981. The van der Waals surface area contributed by atoms with Crippen LogP contribution in [0.3, 0.4) is 0 Å². The summed E-state index contributed by atoms with van der Waals surface area (Å²) in [5.41, 5.74) is 4.87. The molecule has 7 nitrogen and oxygen atoms in total. The van der Waals surface area contributed by atoms with Gasteiger partial charge in [0.25, 0.3) is 11.8 Å². The Labute approximate surface area is 197 Å². The number of aryl methyl sites for hydroxylation is 1. The number of aromatic amines is 1. The van der Waals surface area contributed by atoms with Crippen molar-refractivity contribution in [1.29, 1.82) is 0 Å². The lowest BCUT2D eigenvalue weighted by Crippen LogP contribution is -2.34. The fourth-order valence-corrected chi connectivity index (χ4v) is 4.64. The monoisotopic (exact) mass is 454 g/mol. The van der Waals surface area contributed by atoms with Gasteiger partial charge in [0.1, 0.15) is 17.1 Å². The highest BCUT2D eigenvalue weighted by Crippen LogP contribution is 2.41. The zero-order valence-electron chi connectivity index (χ0n) is 19.6. The number of carbonyl (C=O) groups excluding carboxylic acids is 2. The third kappa shape index (κ3) is 3.59. The summed E-state index contributed by atoms with van der Waals surface area (Å²) < 4.78 is 5.51. The lowest BCUT2D eigenvalue weighted by Gasteiger charge is -2.21. The van der Waals surface area contributed by atoms with Gasteiger partial charge in [0.2, 0.25) is 0 Å². The first-order valence-corrected chi connectivity index (χ1v) is 11.1. The van der Waals surface area contributed by atoms with Crippen LogP contribution in [0, 0.1) is 6.92 Å². The maximum Gasteiger partial charge on any atom is 0.259 e. The topological polar surface area (TPSA) is 87.3 Å².